The van der Waals surface area contributed by atoms with Crippen molar-refractivity contribution in [3.8, 4) is 0 Å². The molecule has 0 radical (unpaired) electrons. The van der Waals surface area contributed by atoms with Crippen LogP contribution in [0.3, 0.4) is 0 Å². The van der Waals surface area contributed by atoms with E-state index in [9.17, 15) is 9.59 Å². The monoisotopic (exact) mass is 301 g/mol. The number of ether oxygens (including phenoxy) is 1. The Balaban J connectivity index is 2.59. The predicted octanol–water partition coefficient (Wildman–Crippen LogP) is 0.673. The quantitative estimate of drug-likeness (QED) is 0.630. The number of nitrogens with two attached hydrogens (primary N) is 1. The number of nitrogens with one attached hydrogen (secondary N) is 1. The standard InChI is InChI=1S/C10H12BrN3O3/c1-2-17-10(16)8(12)9(15)14-7-4-3-6(11)5-13-7/h3-5,8H,2,12H2,1H3,(H,13,14,15). The number of hydrogen-bond acceptors (Lipinski definition) is 5. The van der Waals surface area contributed by atoms with Crippen molar-refractivity contribution >= 4 is 33.6 Å². The van der Waals surface area contributed by atoms with Crippen LogP contribution in [0.1, 0.15) is 6.92 Å². The zero-order chi connectivity index (χ0) is 12.8. The van der Waals surface area contributed by atoms with Crippen LogP contribution in [-0.2, 0) is 14.3 Å². The molecule has 0 aliphatic heterocycles. The van der Waals surface area contributed by atoms with Crippen LogP contribution >= 0.6 is 15.9 Å². The first kappa shape index (κ1) is 13.6. The number of amides is 1. The molecule has 3 N–H and O–H groups in total. The van der Waals surface area contributed by atoms with E-state index in [0.717, 1.165) is 4.47 Å². The molecule has 6 nitrogen and oxygen atoms in total. The number of rotatable bonds is 4. The number of carbonyl (C=O) groups is 2. The molecule has 0 aromatic carbocycles. The highest BCUT2D eigenvalue weighted by Crippen LogP contribution is 2.10. The van der Waals surface area contributed by atoms with Crippen LogP contribution < -0.4 is 11.1 Å². The van der Waals surface area contributed by atoms with Gasteiger partial charge in [-0.25, -0.2) is 9.78 Å². The topological polar surface area (TPSA) is 94.3 Å². The minimum Gasteiger partial charge on any atom is -0.464 e. The van der Waals surface area contributed by atoms with Crippen molar-refractivity contribution in [2.24, 2.45) is 5.73 Å². The summed E-state index contributed by atoms with van der Waals surface area (Å²) < 4.78 is 5.41. The molecule has 17 heavy (non-hydrogen) atoms. The lowest BCUT2D eigenvalue weighted by Crippen LogP contribution is -2.43. The van der Waals surface area contributed by atoms with Crippen molar-refractivity contribution in [2.75, 3.05) is 11.9 Å². The minimum absolute atomic E-state index is 0.177. The lowest BCUT2D eigenvalue weighted by Gasteiger charge is -2.10. The van der Waals surface area contributed by atoms with Crippen molar-refractivity contribution in [1.29, 1.82) is 0 Å². The molecule has 1 atom stereocenters. The molecular formula is C10H12BrN3O3. The third-order valence-electron chi connectivity index (χ3n) is 1.80. The molecule has 0 aliphatic rings. The summed E-state index contributed by atoms with van der Waals surface area (Å²) in [5.41, 5.74) is 5.40. The maximum absolute atomic E-state index is 11.5. The number of aromatic nitrogens is 1. The number of esters is 1. The molecule has 7 heteroatoms. The molecule has 0 bridgehead atoms. The van der Waals surface area contributed by atoms with Gasteiger partial charge in [-0.05, 0) is 35.0 Å². The minimum atomic E-state index is -1.35. The second-order valence-corrected chi connectivity index (χ2v) is 4.00. The van der Waals surface area contributed by atoms with Crippen molar-refractivity contribution < 1.29 is 14.3 Å². The summed E-state index contributed by atoms with van der Waals surface area (Å²) in [6.45, 7) is 1.81. The van der Waals surface area contributed by atoms with Gasteiger partial charge in [0, 0.05) is 10.7 Å². The summed E-state index contributed by atoms with van der Waals surface area (Å²) in [6, 6.07) is 1.94. The Labute approximate surface area is 107 Å². The Morgan fingerprint density at radius 1 is 1.59 bits per heavy atom. The molecular weight excluding hydrogens is 290 g/mol. The Bertz CT molecular complexity index is 408. The fraction of sp³-hybridized carbons (Fsp3) is 0.300. The predicted molar refractivity (Wildman–Crippen MR) is 65.2 cm³/mol. The molecule has 1 amide bonds. The first-order valence-corrected chi connectivity index (χ1v) is 5.68. The van der Waals surface area contributed by atoms with E-state index >= 15 is 0 Å². The molecule has 1 rings (SSSR count). The van der Waals surface area contributed by atoms with E-state index in [1.54, 1.807) is 19.1 Å². The summed E-state index contributed by atoms with van der Waals surface area (Å²) in [4.78, 5) is 26.6. The van der Waals surface area contributed by atoms with Crippen LogP contribution in [0.4, 0.5) is 5.82 Å². The Kier molecular flexibility index (Phi) is 5.05. The van der Waals surface area contributed by atoms with Crippen molar-refractivity contribution in [1.82, 2.24) is 4.98 Å². The van der Waals surface area contributed by atoms with Crippen LogP contribution in [0, 0.1) is 0 Å². The molecule has 0 spiro atoms. The molecule has 0 aliphatic carbocycles. The molecule has 1 unspecified atom stereocenters. The van der Waals surface area contributed by atoms with E-state index in [0.29, 0.717) is 5.82 Å². The van der Waals surface area contributed by atoms with Gasteiger partial charge in [0.2, 0.25) is 0 Å². The lowest BCUT2D eigenvalue weighted by atomic mass is 10.3. The van der Waals surface area contributed by atoms with Crippen molar-refractivity contribution in [2.45, 2.75) is 13.0 Å². The normalized spacial score (nSPS) is 11.7. The van der Waals surface area contributed by atoms with E-state index < -0.39 is 17.9 Å². The Hall–Kier alpha value is -1.47. The van der Waals surface area contributed by atoms with Gasteiger partial charge in [0.05, 0.1) is 6.61 Å². The zero-order valence-corrected chi connectivity index (χ0v) is 10.7. The first-order chi connectivity index (χ1) is 8.04. The van der Waals surface area contributed by atoms with Crippen LogP contribution in [-0.4, -0.2) is 29.5 Å². The second kappa shape index (κ2) is 6.31. The van der Waals surface area contributed by atoms with Crippen LogP contribution in [0.25, 0.3) is 0 Å². The van der Waals surface area contributed by atoms with Crippen LogP contribution in [0.15, 0.2) is 22.8 Å². The third-order valence-corrected chi connectivity index (χ3v) is 2.27. The highest BCUT2D eigenvalue weighted by atomic mass is 79.9. The van der Waals surface area contributed by atoms with Gasteiger partial charge in [0.1, 0.15) is 5.82 Å². The van der Waals surface area contributed by atoms with Gasteiger partial charge in [-0.15, -0.1) is 0 Å². The molecule has 1 aromatic rings. The fourth-order valence-corrected chi connectivity index (χ4v) is 1.23. The number of anilines is 1. The molecule has 0 fully saturated rings. The summed E-state index contributed by atoms with van der Waals surface area (Å²) in [5.74, 6) is -1.10. The first-order valence-electron chi connectivity index (χ1n) is 4.89. The number of nitrogens with zero attached hydrogens (tertiary/aromatic N) is 1. The zero-order valence-electron chi connectivity index (χ0n) is 9.14. The Morgan fingerprint density at radius 2 is 2.29 bits per heavy atom. The van der Waals surface area contributed by atoms with E-state index in [1.807, 2.05) is 0 Å². The summed E-state index contributed by atoms with van der Waals surface area (Å²) >= 11 is 3.21. The average Bonchev–Trinajstić information content (AvgIpc) is 2.31. The highest BCUT2D eigenvalue weighted by Gasteiger charge is 2.23. The Morgan fingerprint density at radius 3 is 2.82 bits per heavy atom. The molecule has 0 saturated carbocycles. The van der Waals surface area contributed by atoms with E-state index in [2.05, 4.69) is 31.0 Å². The maximum Gasteiger partial charge on any atom is 0.332 e. The van der Waals surface area contributed by atoms with Crippen molar-refractivity contribution in [3.63, 3.8) is 0 Å². The lowest BCUT2D eigenvalue weighted by molar-refractivity contribution is -0.146. The van der Waals surface area contributed by atoms with Gasteiger partial charge < -0.3 is 15.8 Å². The van der Waals surface area contributed by atoms with Gasteiger partial charge in [-0.3, -0.25) is 4.79 Å². The van der Waals surface area contributed by atoms with Gasteiger partial charge in [0.25, 0.3) is 5.91 Å². The molecule has 1 aromatic heterocycles. The van der Waals surface area contributed by atoms with Gasteiger partial charge >= 0.3 is 5.97 Å². The maximum atomic E-state index is 11.5. The SMILES string of the molecule is CCOC(=O)C(N)C(=O)Nc1ccc(Br)cn1. The van der Waals surface area contributed by atoms with Crippen molar-refractivity contribution in [3.05, 3.63) is 22.8 Å². The number of carbonyl (C=O) groups excluding carboxylic acids is 2. The van der Waals surface area contributed by atoms with E-state index in [4.69, 9.17) is 5.73 Å². The van der Waals surface area contributed by atoms with Gasteiger partial charge in [-0.2, -0.15) is 0 Å². The van der Waals surface area contributed by atoms with Gasteiger partial charge in [0.15, 0.2) is 6.04 Å². The molecule has 1 heterocycles. The fourth-order valence-electron chi connectivity index (χ4n) is 0.993. The average molecular weight is 302 g/mol. The van der Waals surface area contributed by atoms with Crippen LogP contribution in [0.2, 0.25) is 0 Å². The smallest absolute Gasteiger partial charge is 0.332 e. The third kappa shape index (κ3) is 4.12. The summed E-state index contributed by atoms with van der Waals surface area (Å²) in [7, 11) is 0. The largest absolute Gasteiger partial charge is 0.464 e. The highest BCUT2D eigenvalue weighted by molar-refractivity contribution is 9.10. The molecule has 92 valence electrons. The number of halogens is 1. The van der Waals surface area contributed by atoms with Crippen LogP contribution in [0.5, 0.6) is 0 Å². The van der Waals surface area contributed by atoms with Gasteiger partial charge in [-0.1, -0.05) is 0 Å². The van der Waals surface area contributed by atoms with E-state index in [1.165, 1.54) is 6.20 Å². The number of hydrogen-bond donors (Lipinski definition) is 2. The molecule has 0 saturated heterocycles. The number of pyridine rings is 1. The van der Waals surface area contributed by atoms with E-state index in [-0.39, 0.29) is 6.61 Å². The summed E-state index contributed by atoms with van der Waals surface area (Å²) in [5, 5.41) is 2.41. The summed E-state index contributed by atoms with van der Waals surface area (Å²) in [6.07, 6.45) is 1.52. The second-order valence-electron chi connectivity index (χ2n) is 3.08.